The monoisotopic (exact) mass is 261 g/mol. The predicted octanol–water partition coefficient (Wildman–Crippen LogP) is 2.23. The Morgan fingerprint density at radius 3 is 2.89 bits per heavy atom. The van der Waals surface area contributed by atoms with E-state index in [-0.39, 0.29) is 18.4 Å². The molecule has 0 bridgehead atoms. The van der Waals surface area contributed by atoms with Crippen LogP contribution in [0.15, 0.2) is 24.3 Å². The second kappa shape index (κ2) is 6.20. The summed E-state index contributed by atoms with van der Waals surface area (Å²) in [6, 6.07) is 8.30. The largest absolute Gasteiger partial charge is 0.396 e. The molecule has 1 aliphatic rings. The van der Waals surface area contributed by atoms with Crippen molar-refractivity contribution in [2.24, 2.45) is 11.8 Å². The molecule has 1 saturated carbocycles. The van der Waals surface area contributed by atoms with Crippen LogP contribution in [0.3, 0.4) is 0 Å². The van der Waals surface area contributed by atoms with Crippen LogP contribution in [0.25, 0.3) is 0 Å². The molecule has 3 heteroatoms. The van der Waals surface area contributed by atoms with Gasteiger partial charge in [0.25, 0.3) is 0 Å². The second-order valence-electron chi connectivity index (χ2n) is 5.67. The van der Waals surface area contributed by atoms with Gasteiger partial charge in [-0.2, -0.15) is 0 Å². The maximum atomic E-state index is 12.0. The Labute approximate surface area is 115 Å². The van der Waals surface area contributed by atoms with Crippen LogP contribution in [0.1, 0.15) is 36.8 Å². The highest BCUT2D eigenvalue weighted by Gasteiger charge is 2.44. The molecule has 0 aromatic heterocycles. The maximum absolute atomic E-state index is 12.0. The van der Waals surface area contributed by atoms with Crippen molar-refractivity contribution in [1.82, 2.24) is 5.32 Å². The quantitative estimate of drug-likeness (QED) is 0.825. The fraction of sp³-hybridized carbons (Fsp3) is 0.562. The molecule has 0 heterocycles. The minimum Gasteiger partial charge on any atom is -0.396 e. The molecule has 3 nitrogen and oxygen atoms in total. The second-order valence-corrected chi connectivity index (χ2v) is 5.67. The van der Waals surface area contributed by atoms with Gasteiger partial charge in [0.05, 0.1) is 0 Å². The summed E-state index contributed by atoms with van der Waals surface area (Å²) in [5.74, 6) is 1.04. The zero-order valence-corrected chi connectivity index (χ0v) is 11.7. The Bertz CT molecular complexity index is 444. The highest BCUT2D eigenvalue weighted by atomic mass is 16.3. The topological polar surface area (TPSA) is 49.3 Å². The molecule has 104 valence electrons. The van der Waals surface area contributed by atoms with E-state index in [4.69, 9.17) is 5.11 Å². The number of hydrogen-bond donors (Lipinski definition) is 2. The van der Waals surface area contributed by atoms with E-state index in [1.165, 1.54) is 11.1 Å². The molecule has 0 radical (unpaired) electrons. The average Bonchev–Trinajstić information content (AvgIpc) is 3.17. The molecule has 2 N–H and O–H groups in total. The highest BCUT2D eigenvalue weighted by Crippen LogP contribution is 2.48. The Morgan fingerprint density at radius 1 is 1.47 bits per heavy atom. The zero-order valence-electron chi connectivity index (χ0n) is 11.7. The van der Waals surface area contributed by atoms with Gasteiger partial charge in [-0.15, -0.1) is 0 Å². The first-order chi connectivity index (χ1) is 9.13. The van der Waals surface area contributed by atoms with Gasteiger partial charge in [-0.1, -0.05) is 31.2 Å². The lowest BCUT2D eigenvalue weighted by Crippen LogP contribution is -2.30. The number of amides is 1. The third kappa shape index (κ3) is 3.57. The first-order valence-electron chi connectivity index (χ1n) is 7.07. The maximum Gasteiger partial charge on any atom is 0.223 e. The summed E-state index contributed by atoms with van der Waals surface area (Å²) in [6.45, 7) is 5.00. The Balaban J connectivity index is 1.82. The number of aliphatic hydroxyl groups excluding tert-OH is 1. The van der Waals surface area contributed by atoms with E-state index >= 15 is 0 Å². The van der Waals surface area contributed by atoms with Gasteiger partial charge in [0.15, 0.2) is 0 Å². The van der Waals surface area contributed by atoms with Gasteiger partial charge < -0.3 is 10.4 Å². The number of carbonyl (C=O) groups excluding carboxylic acids is 1. The van der Waals surface area contributed by atoms with Crippen molar-refractivity contribution in [1.29, 1.82) is 0 Å². The lowest BCUT2D eigenvalue weighted by atomic mass is 10.0. The van der Waals surface area contributed by atoms with E-state index in [9.17, 15) is 4.79 Å². The summed E-state index contributed by atoms with van der Waals surface area (Å²) in [5, 5.41) is 11.8. The zero-order chi connectivity index (χ0) is 13.8. The van der Waals surface area contributed by atoms with Crippen molar-refractivity contribution in [2.45, 2.75) is 32.6 Å². The van der Waals surface area contributed by atoms with Crippen LogP contribution in [-0.4, -0.2) is 24.2 Å². The molecule has 0 spiro atoms. The van der Waals surface area contributed by atoms with E-state index in [1.807, 2.05) is 19.1 Å². The molecule has 1 fully saturated rings. The molecule has 1 aliphatic carbocycles. The van der Waals surface area contributed by atoms with Crippen molar-refractivity contribution in [3.05, 3.63) is 35.4 Å². The molecule has 1 aromatic rings. The summed E-state index contributed by atoms with van der Waals surface area (Å²) < 4.78 is 0. The van der Waals surface area contributed by atoms with E-state index < -0.39 is 0 Å². The third-order valence-corrected chi connectivity index (χ3v) is 3.96. The fourth-order valence-electron chi connectivity index (χ4n) is 2.56. The van der Waals surface area contributed by atoms with E-state index in [0.29, 0.717) is 18.4 Å². The Kier molecular flexibility index (Phi) is 4.59. The smallest absolute Gasteiger partial charge is 0.223 e. The van der Waals surface area contributed by atoms with E-state index in [0.717, 1.165) is 12.8 Å². The molecule has 19 heavy (non-hydrogen) atoms. The molecule has 0 saturated heterocycles. The number of benzene rings is 1. The molecule has 3 unspecified atom stereocenters. The van der Waals surface area contributed by atoms with E-state index in [1.54, 1.807) is 0 Å². The predicted molar refractivity (Wildman–Crippen MR) is 75.9 cm³/mol. The lowest BCUT2D eigenvalue weighted by molar-refractivity contribution is -0.122. The first kappa shape index (κ1) is 14.1. The van der Waals surface area contributed by atoms with Crippen LogP contribution in [0.2, 0.25) is 0 Å². The highest BCUT2D eigenvalue weighted by molar-refractivity contribution is 5.83. The Morgan fingerprint density at radius 2 is 2.21 bits per heavy atom. The molecule has 1 amide bonds. The standard InChI is InChI=1S/C16H23NO2/c1-11(7-8-18)10-17-16(19)15-9-14(15)13-6-4-3-5-12(13)2/h3-6,11,14-15,18H,7-10H2,1-2H3,(H,17,19). The molecule has 3 atom stereocenters. The van der Waals surface area contributed by atoms with Crippen LogP contribution in [0, 0.1) is 18.8 Å². The molecular formula is C16H23NO2. The summed E-state index contributed by atoms with van der Waals surface area (Å²) in [7, 11) is 0. The molecule has 0 aliphatic heterocycles. The summed E-state index contributed by atoms with van der Waals surface area (Å²) >= 11 is 0. The van der Waals surface area contributed by atoms with Gasteiger partial charge in [0.1, 0.15) is 0 Å². The number of aryl methyl sites for hydroxylation is 1. The minimum absolute atomic E-state index is 0.141. The lowest BCUT2D eigenvalue weighted by Gasteiger charge is -2.11. The van der Waals surface area contributed by atoms with Gasteiger partial charge >= 0.3 is 0 Å². The van der Waals surface area contributed by atoms with Crippen LogP contribution < -0.4 is 5.32 Å². The molecule has 2 rings (SSSR count). The minimum atomic E-state index is 0.141. The number of aliphatic hydroxyl groups is 1. The normalized spacial score (nSPS) is 22.9. The SMILES string of the molecule is Cc1ccccc1C1CC1C(=O)NCC(C)CCO. The number of carbonyl (C=O) groups is 1. The van der Waals surface area contributed by atoms with Crippen LogP contribution in [-0.2, 0) is 4.79 Å². The van der Waals surface area contributed by atoms with Crippen LogP contribution in [0.4, 0.5) is 0 Å². The van der Waals surface area contributed by atoms with Crippen molar-refractivity contribution in [3.8, 4) is 0 Å². The third-order valence-electron chi connectivity index (χ3n) is 3.96. The van der Waals surface area contributed by atoms with E-state index in [2.05, 4.69) is 24.4 Å². The van der Waals surface area contributed by atoms with Gasteiger partial charge in [-0.25, -0.2) is 0 Å². The van der Waals surface area contributed by atoms with Gasteiger partial charge in [-0.05, 0) is 42.7 Å². The average molecular weight is 261 g/mol. The molecule has 1 aromatic carbocycles. The Hall–Kier alpha value is -1.35. The van der Waals surface area contributed by atoms with Crippen molar-refractivity contribution in [2.75, 3.05) is 13.2 Å². The fourth-order valence-corrected chi connectivity index (χ4v) is 2.56. The van der Waals surface area contributed by atoms with Gasteiger partial charge in [-0.3, -0.25) is 4.79 Å². The van der Waals surface area contributed by atoms with Gasteiger partial charge in [0.2, 0.25) is 5.91 Å². The van der Waals surface area contributed by atoms with Crippen molar-refractivity contribution >= 4 is 5.91 Å². The number of rotatable bonds is 6. The van der Waals surface area contributed by atoms with Gasteiger partial charge in [0, 0.05) is 19.1 Å². The van der Waals surface area contributed by atoms with Crippen LogP contribution in [0.5, 0.6) is 0 Å². The first-order valence-corrected chi connectivity index (χ1v) is 7.07. The van der Waals surface area contributed by atoms with Crippen LogP contribution >= 0.6 is 0 Å². The number of hydrogen-bond acceptors (Lipinski definition) is 2. The summed E-state index contributed by atoms with van der Waals surface area (Å²) in [5.41, 5.74) is 2.59. The van der Waals surface area contributed by atoms with Crippen molar-refractivity contribution in [3.63, 3.8) is 0 Å². The number of nitrogens with one attached hydrogen (secondary N) is 1. The molecular weight excluding hydrogens is 238 g/mol. The van der Waals surface area contributed by atoms with Crippen molar-refractivity contribution < 1.29 is 9.90 Å². The summed E-state index contributed by atoms with van der Waals surface area (Å²) in [6.07, 6.45) is 1.71. The summed E-state index contributed by atoms with van der Waals surface area (Å²) in [4.78, 5) is 12.0.